The van der Waals surface area contributed by atoms with Gasteiger partial charge in [0.05, 0.1) is 0 Å². The molecule has 1 radical (unpaired) electrons. The molecule has 2 unspecified atom stereocenters. The highest BCUT2D eigenvalue weighted by Crippen LogP contribution is 1.96. The minimum atomic E-state index is -0.881. The predicted octanol–water partition coefficient (Wildman–Crippen LogP) is 1.13. The van der Waals surface area contributed by atoms with Crippen LogP contribution in [0.2, 0.25) is 0 Å². The Hall–Kier alpha value is -0.120. The number of hydrogen-bond acceptors (Lipinski definition) is 2. The lowest BCUT2D eigenvalue weighted by Crippen LogP contribution is -2.31. The van der Waals surface area contributed by atoms with Crippen molar-refractivity contribution in [1.82, 2.24) is 5.32 Å². The van der Waals surface area contributed by atoms with Gasteiger partial charge < -0.3 is 4.74 Å². The van der Waals surface area contributed by atoms with Crippen LogP contribution in [0.15, 0.2) is 0 Å². The van der Waals surface area contributed by atoms with Crippen molar-refractivity contribution in [2.24, 2.45) is 0 Å². The molecule has 0 bridgehead atoms. The second kappa shape index (κ2) is 5.65. The SMILES string of the molecule is CCNC(C)OC([O])CC. The van der Waals surface area contributed by atoms with Crippen molar-refractivity contribution >= 4 is 0 Å². The van der Waals surface area contributed by atoms with Gasteiger partial charge >= 0.3 is 0 Å². The molecule has 0 amide bonds. The summed E-state index contributed by atoms with van der Waals surface area (Å²) in [5.41, 5.74) is 0. The second-order valence-electron chi connectivity index (χ2n) is 2.17. The molecule has 0 heterocycles. The third-order valence-corrected chi connectivity index (χ3v) is 1.18. The van der Waals surface area contributed by atoms with Gasteiger partial charge in [0, 0.05) is 0 Å². The van der Waals surface area contributed by atoms with E-state index in [1.807, 2.05) is 20.8 Å². The van der Waals surface area contributed by atoms with Gasteiger partial charge in [-0.3, -0.25) is 5.32 Å². The third-order valence-electron chi connectivity index (χ3n) is 1.18. The fourth-order valence-corrected chi connectivity index (χ4v) is 0.659. The van der Waals surface area contributed by atoms with Gasteiger partial charge in [-0.1, -0.05) is 13.8 Å². The summed E-state index contributed by atoms with van der Waals surface area (Å²) in [6.45, 7) is 6.46. The molecule has 2 atom stereocenters. The Balaban J connectivity index is 3.27. The number of rotatable bonds is 5. The van der Waals surface area contributed by atoms with E-state index in [0.29, 0.717) is 6.42 Å². The van der Waals surface area contributed by atoms with E-state index in [2.05, 4.69) is 5.32 Å². The normalized spacial score (nSPS) is 16.8. The van der Waals surface area contributed by atoms with Crippen LogP contribution >= 0.6 is 0 Å². The number of hydrogen-bond donors (Lipinski definition) is 1. The molecule has 0 aromatic rings. The van der Waals surface area contributed by atoms with E-state index in [9.17, 15) is 5.11 Å². The van der Waals surface area contributed by atoms with Crippen LogP contribution in [0, 0.1) is 0 Å². The molecule has 1 N–H and O–H groups in total. The Bertz CT molecular complexity index is 78.0. The summed E-state index contributed by atoms with van der Waals surface area (Å²) in [4.78, 5) is 0. The third kappa shape index (κ3) is 4.73. The summed E-state index contributed by atoms with van der Waals surface area (Å²) < 4.78 is 4.97. The minimum Gasteiger partial charge on any atom is -0.332 e. The maximum absolute atomic E-state index is 10.7. The second-order valence-corrected chi connectivity index (χ2v) is 2.17. The van der Waals surface area contributed by atoms with E-state index < -0.39 is 6.29 Å². The van der Waals surface area contributed by atoms with Crippen LogP contribution in [0.1, 0.15) is 27.2 Å². The molecule has 0 saturated heterocycles. The summed E-state index contributed by atoms with van der Waals surface area (Å²) in [6.07, 6.45) is -0.475. The van der Waals surface area contributed by atoms with Crippen molar-refractivity contribution in [3.63, 3.8) is 0 Å². The molecular weight excluding hydrogens is 130 g/mol. The molecule has 0 aliphatic heterocycles. The molecule has 3 heteroatoms. The molecule has 0 aromatic heterocycles. The quantitative estimate of drug-likeness (QED) is 0.590. The fraction of sp³-hybridized carbons (Fsp3) is 1.00. The number of ether oxygens (including phenoxy) is 1. The Kier molecular flexibility index (Phi) is 5.58. The highest BCUT2D eigenvalue weighted by Gasteiger charge is 2.06. The highest BCUT2D eigenvalue weighted by molar-refractivity contribution is 4.45. The number of nitrogens with one attached hydrogen (secondary N) is 1. The summed E-state index contributed by atoms with van der Waals surface area (Å²) >= 11 is 0. The van der Waals surface area contributed by atoms with Gasteiger partial charge in [0.25, 0.3) is 0 Å². The van der Waals surface area contributed by atoms with E-state index in [-0.39, 0.29) is 6.23 Å². The van der Waals surface area contributed by atoms with Crippen molar-refractivity contribution in [3.05, 3.63) is 0 Å². The molecule has 0 aliphatic rings. The van der Waals surface area contributed by atoms with Crippen LogP contribution < -0.4 is 5.32 Å². The van der Waals surface area contributed by atoms with Crippen LogP contribution in [-0.4, -0.2) is 19.1 Å². The first kappa shape index (κ1) is 9.88. The first-order valence-electron chi connectivity index (χ1n) is 3.75. The van der Waals surface area contributed by atoms with Gasteiger partial charge in [-0.15, -0.1) is 0 Å². The summed E-state index contributed by atoms with van der Waals surface area (Å²) in [7, 11) is 0. The lowest BCUT2D eigenvalue weighted by atomic mass is 10.5. The minimum absolute atomic E-state index is 0.118. The van der Waals surface area contributed by atoms with Crippen LogP contribution in [0.3, 0.4) is 0 Å². The molecule has 10 heavy (non-hydrogen) atoms. The standard InChI is InChI=1S/C7H16NO2/c1-4-7(9)10-6(3)8-5-2/h6-8H,4-5H2,1-3H3. The maximum Gasteiger partial charge on any atom is 0.192 e. The Labute approximate surface area is 62.4 Å². The van der Waals surface area contributed by atoms with Crippen molar-refractivity contribution in [1.29, 1.82) is 0 Å². The van der Waals surface area contributed by atoms with Gasteiger partial charge in [-0.05, 0) is 19.9 Å². The maximum atomic E-state index is 10.7. The molecule has 0 rings (SSSR count). The van der Waals surface area contributed by atoms with Crippen LogP contribution in [0.5, 0.6) is 0 Å². The first-order chi connectivity index (χ1) is 4.70. The monoisotopic (exact) mass is 146 g/mol. The summed E-state index contributed by atoms with van der Waals surface area (Å²) in [5.74, 6) is 0. The van der Waals surface area contributed by atoms with Crippen molar-refractivity contribution in [3.8, 4) is 0 Å². The van der Waals surface area contributed by atoms with Crippen molar-refractivity contribution < 1.29 is 9.84 Å². The van der Waals surface area contributed by atoms with Crippen molar-refractivity contribution in [2.45, 2.75) is 39.7 Å². The smallest absolute Gasteiger partial charge is 0.192 e. The predicted molar refractivity (Wildman–Crippen MR) is 39.0 cm³/mol. The van der Waals surface area contributed by atoms with Crippen LogP contribution in [-0.2, 0) is 9.84 Å². The molecule has 61 valence electrons. The Morgan fingerprint density at radius 3 is 2.50 bits per heavy atom. The molecule has 3 nitrogen and oxygen atoms in total. The zero-order chi connectivity index (χ0) is 7.98. The van der Waals surface area contributed by atoms with Gasteiger partial charge in [0.2, 0.25) is 0 Å². The molecule has 0 saturated carbocycles. The highest BCUT2D eigenvalue weighted by atomic mass is 16.6. The molecule has 0 aromatic carbocycles. The van der Waals surface area contributed by atoms with Crippen LogP contribution in [0.4, 0.5) is 0 Å². The van der Waals surface area contributed by atoms with E-state index >= 15 is 0 Å². The van der Waals surface area contributed by atoms with Gasteiger partial charge in [0.15, 0.2) is 6.29 Å². The van der Waals surface area contributed by atoms with Gasteiger partial charge in [0.1, 0.15) is 6.23 Å². The van der Waals surface area contributed by atoms with E-state index in [1.54, 1.807) is 0 Å². The Morgan fingerprint density at radius 1 is 1.50 bits per heavy atom. The topological polar surface area (TPSA) is 41.2 Å². The summed E-state index contributed by atoms with van der Waals surface area (Å²) in [6, 6.07) is 0. The van der Waals surface area contributed by atoms with Crippen molar-refractivity contribution in [2.75, 3.05) is 6.54 Å². The summed E-state index contributed by atoms with van der Waals surface area (Å²) in [5, 5.41) is 13.7. The van der Waals surface area contributed by atoms with Crippen LogP contribution in [0.25, 0.3) is 0 Å². The molecular formula is C7H16NO2. The zero-order valence-corrected chi connectivity index (χ0v) is 6.89. The lowest BCUT2D eigenvalue weighted by molar-refractivity contribution is -0.173. The average Bonchev–Trinajstić information content (AvgIpc) is 1.88. The zero-order valence-electron chi connectivity index (χ0n) is 6.89. The Morgan fingerprint density at radius 2 is 2.10 bits per heavy atom. The van der Waals surface area contributed by atoms with E-state index in [1.165, 1.54) is 0 Å². The van der Waals surface area contributed by atoms with Gasteiger partial charge in [-0.2, -0.15) is 0 Å². The average molecular weight is 146 g/mol. The first-order valence-corrected chi connectivity index (χ1v) is 3.75. The largest absolute Gasteiger partial charge is 0.332 e. The van der Waals surface area contributed by atoms with Gasteiger partial charge in [-0.25, -0.2) is 5.11 Å². The molecule has 0 aliphatic carbocycles. The van der Waals surface area contributed by atoms with E-state index in [4.69, 9.17) is 4.74 Å². The lowest BCUT2D eigenvalue weighted by Gasteiger charge is -2.15. The van der Waals surface area contributed by atoms with E-state index in [0.717, 1.165) is 6.54 Å². The molecule has 0 fully saturated rings. The fourth-order valence-electron chi connectivity index (χ4n) is 0.659. The molecule has 0 spiro atoms.